The van der Waals surface area contributed by atoms with Crippen LogP contribution in [0.15, 0.2) is 83.3 Å². The fourth-order valence-electron chi connectivity index (χ4n) is 3.31. The molecule has 4 aromatic rings. The van der Waals surface area contributed by atoms with Crippen LogP contribution in [0.5, 0.6) is 28.7 Å². The van der Waals surface area contributed by atoms with E-state index in [2.05, 4.69) is 15.9 Å². The summed E-state index contributed by atoms with van der Waals surface area (Å²) in [6.07, 6.45) is 0. The lowest BCUT2D eigenvalue weighted by Gasteiger charge is -2.27. The van der Waals surface area contributed by atoms with E-state index in [4.69, 9.17) is 0 Å². The summed E-state index contributed by atoms with van der Waals surface area (Å²) in [5.74, 6) is -4.41. The molecule has 0 unspecified atom stereocenters. The number of benzene rings is 4. The maximum absolute atomic E-state index is 10.5. The van der Waals surface area contributed by atoms with Gasteiger partial charge in [-0.1, -0.05) is 58.4 Å². The summed E-state index contributed by atoms with van der Waals surface area (Å²) in [5.41, 5.74) is 2.78. The molecule has 0 bridgehead atoms. The average Bonchev–Trinajstić information content (AvgIpc) is 2.80. The van der Waals surface area contributed by atoms with E-state index in [1.54, 1.807) is 36.4 Å². The average molecular weight is 480 g/mol. The van der Waals surface area contributed by atoms with Crippen molar-refractivity contribution in [2.45, 2.75) is 0 Å². The molecule has 0 fully saturated rings. The maximum atomic E-state index is 10.5. The van der Waals surface area contributed by atoms with Crippen molar-refractivity contribution in [3.63, 3.8) is 0 Å². The first-order valence-corrected chi connectivity index (χ1v) is 10.1. The van der Waals surface area contributed by atoms with Crippen LogP contribution in [0.3, 0.4) is 0 Å². The van der Waals surface area contributed by atoms with Crippen LogP contribution in [0.1, 0.15) is 0 Å². The molecule has 0 heterocycles. The zero-order valence-electron chi connectivity index (χ0n) is 16.1. The molecular formula is C24H18BrNO5. The van der Waals surface area contributed by atoms with Crippen molar-refractivity contribution in [1.29, 1.82) is 0 Å². The number of phenolic OH excluding ortho intramolecular Hbond substituents is 5. The van der Waals surface area contributed by atoms with Crippen LogP contribution in [0.4, 0.5) is 17.1 Å². The van der Waals surface area contributed by atoms with Crippen molar-refractivity contribution in [2.75, 3.05) is 4.90 Å². The lowest BCUT2D eigenvalue weighted by atomic mass is 10.0. The van der Waals surface area contributed by atoms with Crippen LogP contribution >= 0.6 is 15.9 Å². The van der Waals surface area contributed by atoms with E-state index in [0.717, 1.165) is 15.6 Å². The van der Waals surface area contributed by atoms with E-state index in [1.165, 1.54) is 4.90 Å². The standard InChI is InChI=1S/C24H18BrNO5/c25-16-10-6-14(7-11-16)15-8-12-18(13-9-15)26(17-4-2-1-3-5-17)19-20(27)22(29)24(31)23(30)21(19)28/h1-13,27-31H. The summed E-state index contributed by atoms with van der Waals surface area (Å²) in [6, 6.07) is 24.0. The highest BCUT2D eigenvalue weighted by Crippen LogP contribution is 2.57. The van der Waals surface area contributed by atoms with Gasteiger partial charge in [-0.25, -0.2) is 0 Å². The van der Waals surface area contributed by atoms with Crippen molar-refractivity contribution < 1.29 is 25.5 Å². The topological polar surface area (TPSA) is 104 Å². The first-order valence-electron chi connectivity index (χ1n) is 9.28. The van der Waals surface area contributed by atoms with Crippen molar-refractivity contribution in [3.05, 3.63) is 83.3 Å². The molecule has 0 amide bonds. The number of aromatic hydroxyl groups is 5. The zero-order chi connectivity index (χ0) is 22.1. The minimum atomic E-state index is -1.00. The van der Waals surface area contributed by atoms with Gasteiger partial charge in [0.25, 0.3) is 0 Å². The Balaban J connectivity index is 1.88. The first kappa shape index (κ1) is 20.4. The highest BCUT2D eigenvalue weighted by molar-refractivity contribution is 9.10. The van der Waals surface area contributed by atoms with Crippen LogP contribution < -0.4 is 4.90 Å². The van der Waals surface area contributed by atoms with E-state index in [9.17, 15) is 25.5 Å². The number of rotatable bonds is 4. The van der Waals surface area contributed by atoms with Crippen LogP contribution in [-0.2, 0) is 0 Å². The minimum Gasteiger partial charge on any atom is -0.503 e. The summed E-state index contributed by atoms with van der Waals surface area (Å²) < 4.78 is 0.973. The van der Waals surface area contributed by atoms with E-state index in [-0.39, 0.29) is 5.69 Å². The molecule has 156 valence electrons. The molecule has 0 aliphatic rings. The van der Waals surface area contributed by atoms with E-state index < -0.39 is 28.7 Å². The number of para-hydroxylation sites is 1. The Hall–Kier alpha value is -3.84. The van der Waals surface area contributed by atoms with Gasteiger partial charge in [-0.05, 0) is 47.5 Å². The van der Waals surface area contributed by atoms with Crippen LogP contribution in [0.2, 0.25) is 0 Å². The van der Waals surface area contributed by atoms with Gasteiger partial charge in [-0.15, -0.1) is 0 Å². The van der Waals surface area contributed by atoms with Gasteiger partial charge in [0.05, 0.1) is 0 Å². The van der Waals surface area contributed by atoms with Crippen LogP contribution in [0, 0.1) is 0 Å². The fourth-order valence-corrected chi connectivity index (χ4v) is 3.58. The molecule has 0 saturated heterocycles. The molecule has 0 atom stereocenters. The smallest absolute Gasteiger partial charge is 0.208 e. The Morgan fingerprint density at radius 3 is 1.42 bits per heavy atom. The first-order chi connectivity index (χ1) is 14.9. The summed E-state index contributed by atoms with van der Waals surface area (Å²) in [4.78, 5) is 1.47. The SMILES string of the molecule is Oc1c(O)c(O)c(N(c2ccccc2)c2ccc(-c3ccc(Br)cc3)cc2)c(O)c1O. The van der Waals surface area contributed by atoms with Gasteiger partial charge in [-0.2, -0.15) is 0 Å². The highest BCUT2D eigenvalue weighted by atomic mass is 79.9. The van der Waals surface area contributed by atoms with Crippen LogP contribution in [0.25, 0.3) is 11.1 Å². The van der Waals surface area contributed by atoms with E-state index in [0.29, 0.717) is 11.4 Å². The van der Waals surface area contributed by atoms with Crippen molar-refractivity contribution in [2.24, 2.45) is 0 Å². The Kier molecular flexibility index (Phi) is 5.35. The quantitative estimate of drug-likeness (QED) is 0.178. The van der Waals surface area contributed by atoms with Gasteiger partial charge in [0.15, 0.2) is 11.5 Å². The van der Waals surface area contributed by atoms with Gasteiger partial charge in [0.2, 0.25) is 17.2 Å². The lowest BCUT2D eigenvalue weighted by molar-refractivity contribution is 0.329. The van der Waals surface area contributed by atoms with Crippen LogP contribution in [-0.4, -0.2) is 25.5 Å². The molecule has 7 heteroatoms. The molecule has 31 heavy (non-hydrogen) atoms. The predicted octanol–water partition coefficient (Wildman–Crippen LogP) is 6.11. The van der Waals surface area contributed by atoms with E-state index in [1.807, 2.05) is 42.5 Å². The number of phenols is 5. The third kappa shape index (κ3) is 3.71. The molecule has 0 radical (unpaired) electrons. The molecular weight excluding hydrogens is 462 g/mol. The number of hydrogen-bond acceptors (Lipinski definition) is 6. The monoisotopic (exact) mass is 479 g/mol. The molecule has 6 nitrogen and oxygen atoms in total. The largest absolute Gasteiger partial charge is 0.503 e. The molecule has 0 spiro atoms. The molecule has 0 saturated carbocycles. The highest BCUT2D eigenvalue weighted by Gasteiger charge is 2.28. The molecule has 4 rings (SSSR count). The Morgan fingerprint density at radius 2 is 0.903 bits per heavy atom. The second kappa shape index (κ2) is 8.12. The summed E-state index contributed by atoms with van der Waals surface area (Å²) >= 11 is 3.42. The Bertz CT molecular complexity index is 1200. The summed E-state index contributed by atoms with van der Waals surface area (Å²) in [7, 11) is 0. The zero-order valence-corrected chi connectivity index (χ0v) is 17.7. The van der Waals surface area contributed by atoms with Gasteiger partial charge in [-0.3, -0.25) is 0 Å². The number of nitrogens with zero attached hydrogens (tertiary/aromatic N) is 1. The molecule has 0 aliphatic carbocycles. The van der Waals surface area contributed by atoms with Crippen molar-refractivity contribution in [3.8, 4) is 39.9 Å². The molecule has 0 aromatic heterocycles. The van der Waals surface area contributed by atoms with Gasteiger partial charge < -0.3 is 30.4 Å². The second-order valence-corrected chi connectivity index (χ2v) is 7.73. The molecule has 5 N–H and O–H groups in total. The summed E-state index contributed by atoms with van der Waals surface area (Å²) in [5, 5.41) is 50.9. The number of halogens is 1. The number of hydrogen-bond donors (Lipinski definition) is 5. The van der Waals surface area contributed by atoms with Crippen molar-refractivity contribution in [1.82, 2.24) is 0 Å². The third-order valence-electron chi connectivity index (χ3n) is 4.89. The minimum absolute atomic E-state index is 0.268. The van der Waals surface area contributed by atoms with Crippen molar-refractivity contribution >= 4 is 33.0 Å². The lowest BCUT2D eigenvalue weighted by Crippen LogP contribution is -2.10. The third-order valence-corrected chi connectivity index (χ3v) is 5.42. The van der Waals surface area contributed by atoms with E-state index >= 15 is 0 Å². The normalized spacial score (nSPS) is 10.7. The Labute approximate surface area is 186 Å². The molecule has 4 aromatic carbocycles. The summed E-state index contributed by atoms with van der Waals surface area (Å²) in [6.45, 7) is 0. The number of anilines is 3. The molecule has 0 aliphatic heterocycles. The predicted molar refractivity (Wildman–Crippen MR) is 123 cm³/mol. The second-order valence-electron chi connectivity index (χ2n) is 6.82. The van der Waals surface area contributed by atoms with Gasteiger partial charge in [0, 0.05) is 15.8 Å². The Morgan fingerprint density at radius 1 is 0.484 bits per heavy atom. The van der Waals surface area contributed by atoms with Gasteiger partial charge >= 0.3 is 0 Å². The van der Waals surface area contributed by atoms with Gasteiger partial charge in [0.1, 0.15) is 5.69 Å². The fraction of sp³-hybridized carbons (Fsp3) is 0. The maximum Gasteiger partial charge on any atom is 0.208 e.